The lowest BCUT2D eigenvalue weighted by Gasteiger charge is -2.18. The van der Waals surface area contributed by atoms with Crippen molar-refractivity contribution in [3.05, 3.63) is 34.9 Å². The molecule has 0 aromatic heterocycles. The average Bonchev–Trinajstić information content (AvgIpc) is 2.43. The van der Waals surface area contributed by atoms with Gasteiger partial charge in [0.15, 0.2) is 5.96 Å². The van der Waals surface area contributed by atoms with Gasteiger partial charge in [-0.3, -0.25) is 4.99 Å². The summed E-state index contributed by atoms with van der Waals surface area (Å²) >= 11 is 7.88. The van der Waals surface area contributed by atoms with E-state index in [2.05, 4.69) is 41.8 Å². The van der Waals surface area contributed by atoms with E-state index in [1.807, 2.05) is 30.0 Å². The van der Waals surface area contributed by atoms with E-state index in [0.717, 1.165) is 41.8 Å². The minimum absolute atomic E-state index is 0.173. The number of hydrogen-bond donors (Lipinski definition) is 2. The molecule has 5 heteroatoms. The molecule has 2 N–H and O–H groups in total. The van der Waals surface area contributed by atoms with Gasteiger partial charge in [-0.2, -0.15) is 11.8 Å². The molecule has 1 aromatic rings. The fourth-order valence-electron chi connectivity index (χ4n) is 1.78. The second-order valence-electron chi connectivity index (χ2n) is 4.53. The SMILES string of the molecule is CCNC(=NCCCSC)NC(C)c1cccc(Cl)c1. The minimum atomic E-state index is 0.173. The number of halogens is 1. The maximum absolute atomic E-state index is 6.03. The molecule has 0 aliphatic rings. The van der Waals surface area contributed by atoms with Crippen LogP contribution in [0.5, 0.6) is 0 Å². The monoisotopic (exact) mass is 313 g/mol. The van der Waals surface area contributed by atoms with Crippen molar-refractivity contribution < 1.29 is 0 Å². The first-order valence-corrected chi connectivity index (χ1v) is 8.73. The molecule has 0 amide bonds. The molecule has 0 heterocycles. The van der Waals surface area contributed by atoms with Crippen LogP contribution < -0.4 is 10.6 Å². The normalized spacial score (nSPS) is 13.1. The fourth-order valence-corrected chi connectivity index (χ4v) is 2.40. The quantitative estimate of drug-likeness (QED) is 0.458. The molecule has 0 bridgehead atoms. The maximum Gasteiger partial charge on any atom is 0.191 e. The van der Waals surface area contributed by atoms with Crippen molar-refractivity contribution in [1.82, 2.24) is 10.6 Å². The molecule has 0 aliphatic heterocycles. The first kappa shape index (κ1) is 17.2. The lowest BCUT2D eigenvalue weighted by Crippen LogP contribution is -2.38. The van der Waals surface area contributed by atoms with Crippen molar-refractivity contribution >= 4 is 29.3 Å². The number of nitrogens with zero attached hydrogens (tertiary/aromatic N) is 1. The molecule has 1 unspecified atom stereocenters. The minimum Gasteiger partial charge on any atom is -0.357 e. The van der Waals surface area contributed by atoms with Gasteiger partial charge in [-0.05, 0) is 50.0 Å². The number of hydrogen-bond acceptors (Lipinski definition) is 2. The van der Waals surface area contributed by atoms with Gasteiger partial charge in [0.2, 0.25) is 0 Å². The lowest BCUT2D eigenvalue weighted by molar-refractivity contribution is 0.685. The molecule has 3 nitrogen and oxygen atoms in total. The predicted octanol–water partition coefficient (Wildman–Crippen LogP) is 3.71. The zero-order valence-electron chi connectivity index (χ0n) is 12.4. The van der Waals surface area contributed by atoms with E-state index in [1.54, 1.807) is 0 Å². The second-order valence-corrected chi connectivity index (χ2v) is 5.95. The van der Waals surface area contributed by atoms with Crippen LogP contribution in [-0.4, -0.2) is 31.1 Å². The number of benzene rings is 1. The first-order valence-electron chi connectivity index (χ1n) is 6.96. The number of nitrogens with one attached hydrogen (secondary N) is 2. The van der Waals surface area contributed by atoms with Crippen molar-refractivity contribution in [3.63, 3.8) is 0 Å². The highest BCUT2D eigenvalue weighted by atomic mass is 35.5. The largest absolute Gasteiger partial charge is 0.357 e. The van der Waals surface area contributed by atoms with Crippen molar-refractivity contribution in [2.75, 3.05) is 25.1 Å². The van der Waals surface area contributed by atoms with E-state index in [1.165, 1.54) is 0 Å². The van der Waals surface area contributed by atoms with Crippen molar-refractivity contribution in [1.29, 1.82) is 0 Å². The third-order valence-electron chi connectivity index (χ3n) is 2.82. The second kappa shape index (κ2) is 9.94. The number of rotatable bonds is 7. The summed E-state index contributed by atoms with van der Waals surface area (Å²) in [4.78, 5) is 4.59. The Morgan fingerprint density at radius 2 is 2.25 bits per heavy atom. The van der Waals surface area contributed by atoms with E-state index in [4.69, 9.17) is 11.6 Å². The first-order chi connectivity index (χ1) is 9.67. The molecule has 0 saturated heterocycles. The summed E-state index contributed by atoms with van der Waals surface area (Å²) in [5, 5.41) is 7.45. The molecule has 0 aliphatic carbocycles. The van der Waals surface area contributed by atoms with Gasteiger partial charge in [0, 0.05) is 18.1 Å². The fraction of sp³-hybridized carbons (Fsp3) is 0.533. The summed E-state index contributed by atoms with van der Waals surface area (Å²) in [6, 6.07) is 8.09. The number of thioether (sulfide) groups is 1. The highest BCUT2D eigenvalue weighted by molar-refractivity contribution is 7.98. The zero-order chi connectivity index (χ0) is 14.8. The average molecular weight is 314 g/mol. The Morgan fingerprint density at radius 3 is 2.90 bits per heavy atom. The molecule has 112 valence electrons. The third kappa shape index (κ3) is 6.53. The van der Waals surface area contributed by atoms with Crippen LogP contribution in [0.3, 0.4) is 0 Å². The van der Waals surface area contributed by atoms with Crippen LogP contribution in [0.2, 0.25) is 5.02 Å². The molecule has 1 aromatic carbocycles. The van der Waals surface area contributed by atoms with Gasteiger partial charge in [0.05, 0.1) is 6.04 Å². The highest BCUT2D eigenvalue weighted by Gasteiger charge is 2.07. The van der Waals surface area contributed by atoms with Crippen LogP contribution in [0.15, 0.2) is 29.3 Å². The number of guanidine groups is 1. The Hall–Kier alpha value is -0.870. The third-order valence-corrected chi connectivity index (χ3v) is 3.75. The van der Waals surface area contributed by atoms with Crippen molar-refractivity contribution in [2.45, 2.75) is 26.3 Å². The van der Waals surface area contributed by atoms with Gasteiger partial charge < -0.3 is 10.6 Å². The van der Waals surface area contributed by atoms with Gasteiger partial charge in [-0.15, -0.1) is 0 Å². The summed E-state index contributed by atoms with van der Waals surface area (Å²) in [6.45, 7) is 5.89. The van der Waals surface area contributed by atoms with Gasteiger partial charge in [-0.1, -0.05) is 23.7 Å². The predicted molar refractivity (Wildman–Crippen MR) is 92.0 cm³/mol. The summed E-state index contributed by atoms with van der Waals surface area (Å²) in [5.41, 5.74) is 1.16. The van der Waals surface area contributed by atoms with Crippen LogP contribution >= 0.6 is 23.4 Å². The molecule has 0 spiro atoms. The Kier molecular flexibility index (Phi) is 8.54. The van der Waals surface area contributed by atoms with Crippen molar-refractivity contribution in [3.8, 4) is 0 Å². The Morgan fingerprint density at radius 1 is 1.45 bits per heavy atom. The summed E-state index contributed by atoms with van der Waals surface area (Å²) in [6.07, 6.45) is 3.22. The molecule has 0 saturated carbocycles. The highest BCUT2D eigenvalue weighted by Crippen LogP contribution is 2.17. The van der Waals surface area contributed by atoms with E-state index >= 15 is 0 Å². The van der Waals surface area contributed by atoms with Gasteiger partial charge in [0.1, 0.15) is 0 Å². The summed E-state index contributed by atoms with van der Waals surface area (Å²) in [7, 11) is 0. The Labute approximate surface area is 131 Å². The van der Waals surface area contributed by atoms with Crippen LogP contribution in [0.25, 0.3) is 0 Å². The molecular weight excluding hydrogens is 290 g/mol. The smallest absolute Gasteiger partial charge is 0.191 e. The van der Waals surface area contributed by atoms with Crippen LogP contribution in [-0.2, 0) is 0 Å². The molecule has 1 atom stereocenters. The molecule has 20 heavy (non-hydrogen) atoms. The summed E-state index contributed by atoms with van der Waals surface area (Å²) in [5.74, 6) is 2.01. The van der Waals surface area contributed by atoms with Crippen LogP contribution in [0, 0.1) is 0 Å². The van der Waals surface area contributed by atoms with Gasteiger partial charge in [-0.25, -0.2) is 0 Å². The van der Waals surface area contributed by atoms with Crippen molar-refractivity contribution in [2.24, 2.45) is 4.99 Å². The molecule has 0 radical (unpaired) electrons. The molecule has 1 rings (SSSR count). The molecule has 0 fully saturated rings. The topological polar surface area (TPSA) is 36.4 Å². The molecular formula is C15H24ClN3S. The standard InChI is InChI=1S/C15H24ClN3S/c1-4-17-15(18-9-6-10-20-3)19-12(2)13-7-5-8-14(16)11-13/h5,7-8,11-12H,4,6,9-10H2,1-3H3,(H2,17,18,19). The number of aliphatic imine (C=N–C) groups is 1. The lowest BCUT2D eigenvalue weighted by atomic mass is 10.1. The van der Waals surface area contributed by atoms with E-state index < -0.39 is 0 Å². The Balaban J connectivity index is 2.59. The van der Waals surface area contributed by atoms with Gasteiger partial charge in [0.25, 0.3) is 0 Å². The van der Waals surface area contributed by atoms with Gasteiger partial charge >= 0.3 is 0 Å². The van der Waals surface area contributed by atoms with E-state index in [0.29, 0.717) is 0 Å². The summed E-state index contributed by atoms with van der Waals surface area (Å²) < 4.78 is 0. The van der Waals surface area contributed by atoms with E-state index in [9.17, 15) is 0 Å². The Bertz CT molecular complexity index is 423. The van der Waals surface area contributed by atoms with Crippen LogP contribution in [0.4, 0.5) is 0 Å². The van der Waals surface area contributed by atoms with E-state index in [-0.39, 0.29) is 6.04 Å². The van der Waals surface area contributed by atoms with Crippen LogP contribution in [0.1, 0.15) is 31.9 Å². The maximum atomic E-state index is 6.03. The zero-order valence-corrected chi connectivity index (χ0v) is 14.0.